The van der Waals surface area contributed by atoms with E-state index < -0.39 is 0 Å². The van der Waals surface area contributed by atoms with Crippen LogP contribution in [0.4, 0.5) is 0 Å². The Morgan fingerprint density at radius 3 is 3.00 bits per heavy atom. The third-order valence-corrected chi connectivity index (χ3v) is 2.52. The van der Waals surface area contributed by atoms with Gasteiger partial charge in [-0.3, -0.25) is 4.79 Å². The van der Waals surface area contributed by atoms with Gasteiger partial charge in [0, 0.05) is 6.04 Å². The highest BCUT2D eigenvalue weighted by Gasteiger charge is 2.26. The van der Waals surface area contributed by atoms with Gasteiger partial charge in [-0.1, -0.05) is 6.92 Å². The molecule has 2 atom stereocenters. The molecule has 1 rings (SSSR count). The summed E-state index contributed by atoms with van der Waals surface area (Å²) in [6.07, 6.45) is 2.94. The van der Waals surface area contributed by atoms with Gasteiger partial charge in [0.25, 0.3) is 0 Å². The lowest BCUT2D eigenvalue weighted by Gasteiger charge is -2.27. The Morgan fingerprint density at radius 1 is 1.67 bits per heavy atom. The normalized spacial score (nSPS) is 29.8. The summed E-state index contributed by atoms with van der Waals surface area (Å²) in [5.74, 6) is 0.0798. The Labute approximate surface area is 73.5 Å². The van der Waals surface area contributed by atoms with E-state index >= 15 is 0 Å². The molecule has 1 aliphatic heterocycles. The van der Waals surface area contributed by atoms with E-state index in [0.717, 1.165) is 25.8 Å². The van der Waals surface area contributed by atoms with Gasteiger partial charge in [-0.05, 0) is 25.8 Å². The first-order valence-corrected chi connectivity index (χ1v) is 4.59. The first-order chi connectivity index (χ1) is 5.77. The van der Waals surface area contributed by atoms with Crippen LogP contribution in [0.3, 0.4) is 0 Å². The summed E-state index contributed by atoms with van der Waals surface area (Å²) in [5, 5.41) is 3.37. The highest BCUT2D eigenvalue weighted by Crippen LogP contribution is 2.18. The molecule has 1 saturated heterocycles. The first-order valence-electron chi connectivity index (χ1n) is 4.59. The lowest BCUT2D eigenvalue weighted by molar-refractivity contribution is -0.146. The van der Waals surface area contributed by atoms with E-state index in [1.54, 1.807) is 0 Å². The summed E-state index contributed by atoms with van der Waals surface area (Å²) >= 11 is 0. The zero-order chi connectivity index (χ0) is 8.97. The monoisotopic (exact) mass is 171 g/mol. The van der Waals surface area contributed by atoms with Gasteiger partial charge in [0.2, 0.25) is 0 Å². The minimum absolute atomic E-state index is 0.0463. The molecule has 0 saturated carbocycles. The van der Waals surface area contributed by atoms with Crippen LogP contribution in [0.2, 0.25) is 0 Å². The molecule has 0 aromatic rings. The average Bonchev–Trinajstić information content (AvgIpc) is 2.17. The minimum Gasteiger partial charge on any atom is -0.469 e. The molecule has 1 fully saturated rings. The van der Waals surface area contributed by atoms with Crippen LogP contribution in [0, 0.1) is 5.92 Å². The van der Waals surface area contributed by atoms with Crippen molar-refractivity contribution in [1.29, 1.82) is 0 Å². The molecule has 0 spiro atoms. The number of piperidine rings is 1. The van der Waals surface area contributed by atoms with E-state index in [9.17, 15) is 4.79 Å². The number of hydrogen-bond acceptors (Lipinski definition) is 3. The standard InChI is InChI=1S/C9H17NO2/c1-3-8-6-7(4-5-10-8)9(11)12-2/h7-8,10H,3-6H2,1-2H3/t7-,8-/m0/s1. The van der Waals surface area contributed by atoms with Crippen molar-refractivity contribution in [2.75, 3.05) is 13.7 Å². The quantitative estimate of drug-likeness (QED) is 0.628. The lowest BCUT2D eigenvalue weighted by Crippen LogP contribution is -2.40. The molecule has 0 radical (unpaired) electrons. The number of nitrogens with one attached hydrogen (secondary N) is 1. The average molecular weight is 171 g/mol. The summed E-state index contributed by atoms with van der Waals surface area (Å²) < 4.78 is 4.72. The Morgan fingerprint density at radius 2 is 2.42 bits per heavy atom. The van der Waals surface area contributed by atoms with Crippen LogP contribution in [0.25, 0.3) is 0 Å². The fourth-order valence-electron chi connectivity index (χ4n) is 1.70. The third kappa shape index (κ3) is 2.21. The van der Waals surface area contributed by atoms with E-state index in [1.165, 1.54) is 7.11 Å². The highest BCUT2D eigenvalue weighted by atomic mass is 16.5. The van der Waals surface area contributed by atoms with Crippen molar-refractivity contribution >= 4 is 5.97 Å². The van der Waals surface area contributed by atoms with Gasteiger partial charge in [0.1, 0.15) is 0 Å². The zero-order valence-corrected chi connectivity index (χ0v) is 7.80. The van der Waals surface area contributed by atoms with Crippen molar-refractivity contribution < 1.29 is 9.53 Å². The Balaban J connectivity index is 2.40. The minimum atomic E-state index is -0.0463. The molecule has 70 valence electrons. The maximum absolute atomic E-state index is 11.2. The molecule has 0 aromatic carbocycles. The molecule has 3 nitrogen and oxygen atoms in total. The molecule has 0 amide bonds. The molecule has 1 heterocycles. The van der Waals surface area contributed by atoms with E-state index in [2.05, 4.69) is 12.2 Å². The van der Waals surface area contributed by atoms with Crippen LogP contribution in [0.15, 0.2) is 0 Å². The number of esters is 1. The predicted octanol–water partition coefficient (Wildman–Crippen LogP) is 0.938. The second-order valence-corrected chi connectivity index (χ2v) is 3.30. The van der Waals surface area contributed by atoms with Crippen LogP contribution < -0.4 is 5.32 Å². The Bertz CT molecular complexity index is 159. The zero-order valence-electron chi connectivity index (χ0n) is 7.80. The molecule has 1 aliphatic rings. The molecule has 0 aromatic heterocycles. The summed E-state index contributed by atoms with van der Waals surface area (Å²) in [4.78, 5) is 11.2. The molecular weight excluding hydrogens is 154 g/mol. The molecule has 3 heteroatoms. The van der Waals surface area contributed by atoms with Gasteiger partial charge in [-0.15, -0.1) is 0 Å². The predicted molar refractivity (Wildman–Crippen MR) is 46.8 cm³/mol. The SMILES string of the molecule is CC[C@H]1C[C@@H](C(=O)OC)CCN1. The van der Waals surface area contributed by atoms with Crippen LogP contribution in [0.1, 0.15) is 26.2 Å². The molecule has 0 bridgehead atoms. The van der Waals surface area contributed by atoms with E-state index in [1.807, 2.05) is 0 Å². The van der Waals surface area contributed by atoms with Crippen molar-refractivity contribution in [3.63, 3.8) is 0 Å². The Hall–Kier alpha value is -0.570. The lowest BCUT2D eigenvalue weighted by atomic mass is 9.91. The summed E-state index contributed by atoms with van der Waals surface area (Å²) in [6, 6.07) is 0.503. The summed E-state index contributed by atoms with van der Waals surface area (Å²) in [7, 11) is 1.46. The first kappa shape index (κ1) is 9.52. The smallest absolute Gasteiger partial charge is 0.308 e. The van der Waals surface area contributed by atoms with Gasteiger partial charge in [0.15, 0.2) is 0 Å². The highest BCUT2D eigenvalue weighted by molar-refractivity contribution is 5.72. The fraction of sp³-hybridized carbons (Fsp3) is 0.889. The fourth-order valence-corrected chi connectivity index (χ4v) is 1.70. The summed E-state index contributed by atoms with van der Waals surface area (Å²) in [5.41, 5.74) is 0. The number of carbonyl (C=O) groups is 1. The van der Waals surface area contributed by atoms with Crippen molar-refractivity contribution in [1.82, 2.24) is 5.32 Å². The summed E-state index contributed by atoms with van der Waals surface area (Å²) in [6.45, 7) is 3.08. The maximum Gasteiger partial charge on any atom is 0.308 e. The third-order valence-electron chi connectivity index (χ3n) is 2.52. The number of rotatable bonds is 2. The molecular formula is C9H17NO2. The second kappa shape index (κ2) is 4.45. The van der Waals surface area contributed by atoms with Crippen LogP contribution in [-0.2, 0) is 9.53 Å². The largest absolute Gasteiger partial charge is 0.469 e. The molecule has 0 unspecified atom stereocenters. The molecule has 1 N–H and O–H groups in total. The number of methoxy groups -OCH3 is 1. The molecule has 0 aliphatic carbocycles. The van der Waals surface area contributed by atoms with Gasteiger partial charge in [-0.25, -0.2) is 0 Å². The van der Waals surface area contributed by atoms with Crippen molar-refractivity contribution in [3.05, 3.63) is 0 Å². The van der Waals surface area contributed by atoms with Gasteiger partial charge in [0.05, 0.1) is 13.0 Å². The van der Waals surface area contributed by atoms with Crippen molar-refractivity contribution in [2.45, 2.75) is 32.2 Å². The maximum atomic E-state index is 11.2. The Kier molecular flexibility index (Phi) is 3.53. The van der Waals surface area contributed by atoms with Gasteiger partial charge >= 0.3 is 5.97 Å². The van der Waals surface area contributed by atoms with E-state index in [-0.39, 0.29) is 11.9 Å². The van der Waals surface area contributed by atoms with Crippen LogP contribution in [-0.4, -0.2) is 25.7 Å². The van der Waals surface area contributed by atoms with Gasteiger partial charge in [-0.2, -0.15) is 0 Å². The number of ether oxygens (including phenoxy) is 1. The van der Waals surface area contributed by atoms with E-state index in [4.69, 9.17) is 4.74 Å². The van der Waals surface area contributed by atoms with Crippen molar-refractivity contribution in [3.8, 4) is 0 Å². The van der Waals surface area contributed by atoms with Gasteiger partial charge < -0.3 is 10.1 Å². The number of hydrogen-bond donors (Lipinski definition) is 1. The van der Waals surface area contributed by atoms with Crippen molar-refractivity contribution in [2.24, 2.45) is 5.92 Å². The second-order valence-electron chi connectivity index (χ2n) is 3.30. The van der Waals surface area contributed by atoms with Crippen LogP contribution in [0.5, 0.6) is 0 Å². The number of carbonyl (C=O) groups excluding carboxylic acids is 1. The van der Waals surface area contributed by atoms with Crippen LogP contribution >= 0.6 is 0 Å². The molecule has 12 heavy (non-hydrogen) atoms. The van der Waals surface area contributed by atoms with E-state index in [0.29, 0.717) is 6.04 Å². The topological polar surface area (TPSA) is 38.3 Å².